The molecule has 0 unspecified atom stereocenters. The third-order valence-corrected chi connectivity index (χ3v) is 3.69. The van der Waals surface area contributed by atoms with E-state index >= 15 is 0 Å². The molecular weight excluding hydrogens is 302 g/mol. The van der Waals surface area contributed by atoms with Crippen molar-refractivity contribution in [2.75, 3.05) is 18.5 Å². The Hall–Kier alpha value is -2.33. The van der Waals surface area contributed by atoms with Crippen LogP contribution in [-0.4, -0.2) is 24.2 Å². The van der Waals surface area contributed by atoms with Crippen molar-refractivity contribution in [1.82, 2.24) is 0 Å². The number of benzene rings is 2. The van der Waals surface area contributed by atoms with E-state index in [0.29, 0.717) is 19.4 Å². The maximum absolute atomic E-state index is 11.9. The molecule has 0 heterocycles. The second-order valence-electron chi connectivity index (χ2n) is 5.84. The van der Waals surface area contributed by atoms with Gasteiger partial charge in [-0.1, -0.05) is 24.3 Å². The summed E-state index contributed by atoms with van der Waals surface area (Å²) >= 11 is 0. The molecule has 0 aliphatic carbocycles. The van der Waals surface area contributed by atoms with Gasteiger partial charge in [0.15, 0.2) is 0 Å². The molecule has 0 bridgehead atoms. The van der Waals surface area contributed by atoms with Crippen molar-refractivity contribution in [3.05, 3.63) is 59.7 Å². The number of carbonyl (C=O) groups excluding carboxylic acids is 1. The molecule has 0 aliphatic rings. The highest BCUT2D eigenvalue weighted by Gasteiger charge is 2.03. The van der Waals surface area contributed by atoms with Gasteiger partial charge in [0, 0.05) is 18.7 Å². The predicted octanol–water partition coefficient (Wildman–Crippen LogP) is 3.72. The lowest BCUT2D eigenvalue weighted by atomic mass is 10.1. The van der Waals surface area contributed by atoms with Gasteiger partial charge < -0.3 is 15.2 Å². The van der Waals surface area contributed by atoms with Crippen LogP contribution in [0.15, 0.2) is 48.5 Å². The van der Waals surface area contributed by atoms with Gasteiger partial charge in [0.25, 0.3) is 0 Å². The summed E-state index contributed by atoms with van der Waals surface area (Å²) in [6, 6.07) is 15.5. The number of rotatable bonds is 9. The lowest BCUT2D eigenvalue weighted by Crippen LogP contribution is -2.11. The largest absolute Gasteiger partial charge is 0.494 e. The van der Waals surface area contributed by atoms with E-state index in [0.717, 1.165) is 29.8 Å². The molecular formula is C20H25NO3. The lowest BCUT2D eigenvalue weighted by Gasteiger charge is -2.08. The Morgan fingerprint density at radius 3 is 2.62 bits per heavy atom. The molecule has 2 N–H and O–H groups in total. The van der Waals surface area contributed by atoms with Gasteiger partial charge in [-0.05, 0) is 61.6 Å². The summed E-state index contributed by atoms with van der Waals surface area (Å²) in [7, 11) is 0. The highest BCUT2D eigenvalue weighted by Crippen LogP contribution is 2.13. The monoisotopic (exact) mass is 327 g/mol. The van der Waals surface area contributed by atoms with Gasteiger partial charge in [0.05, 0.1) is 6.61 Å². The Bertz CT molecular complexity index is 638. The lowest BCUT2D eigenvalue weighted by molar-refractivity contribution is -0.116. The summed E-state index contributed by atoms with van der Waals surface area (Å²) in [5, 5.41) is 11.8. The number of amides is 1. The number of ether oxygens (including phenoxy) is 1. The number of carbonyl (C=O) groups is 1. The maximum atomic E-state index is 11.9. The molecule has 24 heavy (non-hydrogen) atoms. The van der Waals surface area contributed by atoms with E-state index in [1.807, 2.05) is 55.5 Å². The third-order valence-electron chi connectivity index (χ3n) is 3.69. The summed E-state index contributed by atoms with van der Waals surface area (Å²) in [6.07, 6.45) is 2.75. The van der Waals surface area contributed by atoms with Gasteiger partial charge in [-0.25, -0.2) is 0 Å². The fourth-order valence-electron chi connectivity index (χ4n) is 2.39. The van der Waals surface area contributed by atoms with E-state index in [2.05, 4.69) is 5.32 Å². The normalized spacial score (nSPS) is 10.4. The van der Waals surface area contributed by atoms with Crippen molar-refractivity contribution >= 4 is 11.6 Å². The average molecular weight is 327 g/mol. The SMILES string of the molecule is Cc1cccc(OCCCCC(=O)Nc2ccc(CCO)cc2)c1. The van der Waals surface area contributed by atoms with Crippen molar-refractivity contribution in [1.29, 1.82) is 0 Å². The number of aryl methyl sites for hydroxylation is 1. The summed E-state index contributed by atoms with van der Waals surface area (Å²) in [4.78, 5) is 11.9. The van der Waals surface area contributed by atoms with Crippen LogP contribution in [0.5, 0.6) is 5.75 Å². The van der Waals surface area contributed by atoms with Gasteiger partial charge in [-0.2, -0.15) is 0 Å². The van der Waals surface area contributed by atoms with Crippen LogP contribution in [0.4, 0.5) is 5.69 Å². The Kier molecular flexibility index (Phi) is 7.30. The second kappa shape index (κ2) is 9.73. The molecule has 0 fully saturated rings. The maximum Gasteiger partial charge on any atom is 0.224 e. The van der Waals surface area contributed by atoms with Crippen LogP contribution in [0, 0.1) is 6.92 Å². The quantitative estimate of drug-likeness (QED) is 0.690. The Balaban J connectivity index is 1.62. The number of nitrogens with one attached hydrogen (secondary N) is 1. The average Bonchev–Trinajstić information content (AvgIpc) is 2.57. The standard InChI is InChI=1S/C20H25NO3/c1-16-5-4-6-19(15-16)24-14-3-2-7-20(23)21-18-10-8-17(9-11-18)12-13-22/h4-6,8-11,15,22H,2-3,7,12-14H2,1H3,(H,21,23). The molecule has 0 saturated carbocycles. The summed E-state index contributed by atoms with van der Waals surface area (Å²) < 4.78 is 5.67. The number of unbranched alkanes of at least 4 members (excludes halogenated alkanes) is 1. The van der Waals surface area contributed by atoms with Gasteiger partial charge in [0.2, 0.25) is 5.91 Å². The number of hydrogen-bond acceptors (Lipinski definition) is 3. The molecule has 0 spiro atoms. The molecule has 4 heteroatoms. The van der Waals surface area contributed by atoms with E-state index < -0.39 is 0 Å². The number of aliphatic hydroxyl groups excluding tert-OH is 1. The molecule has 2 aromatic rings. The summed E-state index contributed by atoms with van der Waals surface area (Å²) in [5.74, 6) is 0.892. The van der Waals surface area contributed by atoms with Gasteiger partial charge in [-0.3, -0.25) is 4.79 Å². The molecule has 0 atom stereocenters. The molecule has 0 aliphatic heterocycles. The summed E-state index contributed by atoms with van der Waals surface area (Å²) in [6.45, 7) is 2.79. The zero-order chi connectivity index (χ0) is 17.2. The molecule has 2 aromatic carbocycles. The van der Waals surface area contributed by atoms with E-state index in [1.165, 1.54) is 5.56 Å². The van der Waals surface area contributed by atoms with E-state index in [4.69, 9.17) is 9.84 Å². The molecule has 1 amide bonds. The molecule has 2 rings (SSSR count). The summed E-state index contributed by atoms with van der Waals surface area (Å²) in [5.41, 5.74) is 3.03. The smallest absolute Gasteiger partial charge is 0.224 e. The fourth-order valence-corrected chi connectivity index (χ4v) is 2.39. The van der Waals surface area contributed by atoms with Crippen molar-refractivity contribution in [3.63, 3.8) is 0 Å². The number of anilines is 1. The number of aliphatic hydroxyl groups is 1. The Morgan fingerprint density at radius 1 is 1.12 bits per heavy atom. The van der Waals surface area contributed by atoms with Crippen LogP contribution >= 0.6 is 0 Å². The third kappa shape index (κ3) is 6.42. The number of hydrogen-bond donors (Lipinski definition) is 2. The van der Waals surface area contributed by atoms with Crippen LogP contribution in [0.2, 0.25) is 0 Å². The first-order valence-electron chi connectivity index (χ1n) is 8.36. The van der Waals surface area contributed by atoms with Crippen LogP contribution in [0.1, 0.15) is 30.4 Å². The first kappa shape index (κ1) is 18.0. The molecule has 0 radical (unpaired) electrons. The van der Waals surface area contributed by atoms with Gasteiger partial charge >= 0.3 is 0 Å². The Morgan fingerprint density at radius 2 is 1.92 bits per heavy atom. The highest BCUT2D eigenvalue weighted by atomic mass is 16.5. The first-order valence-corrected chi connectivity index (χ1v) is 8.36. The van der Waals surface area contributed by atoms with Crippen LogP contribution in [0.25, 0.3) is 0 Å². The molecule has 0 aromatic heterocycles. The van der Waals surface area contributed by atoms with Crippen LogP contribution < -0.4 is 10.1 Å². The highest BCUT2D eigenvalue weighted by molar-refractivity contribution is 5.90. The second-order valence-corrected chi connectivity index (χ2v) is 5.84. The van der Waals surface area contributed by atoms with Crippen molar-refractivity contribution in [3.8, 4) is 5.75 Å². The zero-order valence-electron chi connectivity index (χ0n) is 14.1. The van der Waals surface area contributed by atoms with Gasteiger partial charge in [-0.15, -0.1) is 0 Å². The minimum atomic E-state index is 0.0143. The van der Waals surface area contributed by atoms with Crippen molar-refractivity contribution < 1.29 is 14.6 Å². The van der Waals surface area contributed by atoms with Crippen molar-refractivity contribution in [2.45, 2.75) is 32.6 Å². The fraction of sp³-hybridized carbons (Fsp3) is 0.350. The van der Waals surface area contributed by atoms with Gasteiger partial charge in [0.1, 0.15) is 5.75 Å². The predicted molar refractivity (Wildman–Crippen MR) is 96.4 cm³/mol. The Labute approximate surface area is 143 Å². The van der Waals surface area contributed by atoms with E-state index in [9.17, 15) is 4.79 Å². The first-order chi connectivity index (χ1) is 11.7. The topological polar surface area (TPSA) is 58.6 Å². The zero-order valence-corrected chi connectivity index (χ0v) is 14.1. The van der Waals surface area contributed by atoms with Crippen molar-refractivity contribution in [2.24, 2.45) is 0 Å². The van der Waals surface area contributed by atoms with E-state index in [-0.39, 0.29) is 12.5 Å². The molecule has 0 saturated heterocycles. The molecule has 128 valence electrons. The van der Waals surface area contributed by atoms with E-state index in [1.54, 1.807) is 0 Å². The molecule has 4 nitrogen and oxygen atoms in total. The van der Waals surface area contributed by atoms with Crippen LogP contribution in [-0.2, 0) is 11.2 Å². The van der Waals surface area contributed by atoms with Crippen LogP contribution in [0.3, 0.4) is 0 Å². The minimum Gasteiger partial charge on any atom is -0.494 e. The minimum absolute atomic E-state index is 0.0143.